The van der Waals surface area contributed by atoms with Crippen LogP contribution in [0.25, 0.3) is 0 Å². The van der Waals surface area contributed by atoms with Crippen LogP contribution in [0, 0.1) is 0 Å². The zero-order valence-electron chi connectivity index (χ0n) is 13.3. The highest BCUT2D eigenvalue weighted by Gasteiger charge is 2.46. The number of hydrogen-bond donors (Lipinski definition) is 1. The van der Waals surface area contributed by atoms with Gasteiger partial charge >= 0.3 is 12.1 Å². The number of carboxylic acids is 1. The molecule has 1 atom stereocenters. The van der Waals surface area contributed by atoms with Crippen LogP contribution in [0.4, 0.5) is 4.79 Å². The summed E-state index contributed by atoms with van der Waals surface area (Å²) in [6, 6.07) is 9.36. The molecule has 7 heteroatoms. The second kappa shape index (κ2) is 7.19. The average Bonchev–Trinajstić information content (AvgIpc) is 2.60. The van der Waals surface area contributed by atoms with Gasteiger partial charge in [0.15, 0.2) is 6.10 Å². The Balaban J connectivity index is 1.66. The molecule has 0 saturated carbocycles. The molecule has 24 heavy (non-hydrogen) atoms. The molecule has 0 bridgehead atoms. The molecule has 0 radical (unpaired) electrons. The maximum atomic E-state index is 12.4. The van der Waals surface area contributed by atoms with E-state index in [4.69, 9.17) is 14.2 Å². The molecule has 1 unspecified atom stereocenters. The Labute approximate surface area is 140 Å². The molecule has 7 nitrogen and oxygen atoms in total. The molecule has 1 amide bonds. The van der Waals surface area contributed by atoms with Gasteiger partial charge in [0.1, 0.15) is 6.61 Å². The van der Waals surface area contributed by atoms with E-state index in [2.05, 4.69) is 0 Å². The van der Waals surface area contributed by atoms with E-state index in [1.165, 1.54) is 4.90 Å². The molecule has 3 rings (SSSR count). The van der Waals surface area contributed by atoms with Crippen LogP contribution < -0.4 is 0 Å². The lowest BCUT2D eigenvalue weighted by Gasteiger charge is -2.46. The highest BCUT2D eigenvalue weighted by molar-refractivity contribution is 5.75. The minimum Gasteiger partial charge on any atom is -0.479 e. The van der Waals surface area contributed by atoms with Crippen LogP contribution >= 0.6 is 0 Å². The maximum absolute atomic E-state index is 12.4. The van der Waals surface area contributed by atoms with Gasteiger partial charge in [-0.3, -0.25) is 0 Å². The average molecular weight is 335 g/mol. The highest BCUT2D eigenvalue weighted by atomic mass is 16.6. The van der Waals surface area contributed by atoms with E-state index < -0.39 is 23.8 Å². The number of morpholine rings is 1. The Bertz CT molecular complexity index is 584. The van der Waals surface area contributed by atoms with Crippen molar-refractivity contribution in [2.45, 2.75) is 31.2 Å². The fourth-order valence-electron chi connectivity index (χ4n) is 3.09. The Morgan fingerprint density at radius 1 is 1.25 bits per heavy atom. The van der Waals surface area contributed by atoms with E-state index in [0.29, 0.717) is 32.6 Å². The summed E-state index contributed by atoms with van der Waals surface area (Å²) in [4.78, 5) is 25.2. The molecule has 2 fully saturated rings. The van der Waals surface area contributed by atoms with Gasteiger partial charge in [-0.2, -0.15) is 0 Å². The van der Waals surface area contributed by atoms with Gasteiger partial charge in [-0.15, -0.1) is 0 Å². The minimum absolute atomic E-state index is 0.00837. The molecule has 1 aromatic carbocycles. The van der Waals surface area contributed by atoms with Crippen molar-refractivity contribution in [1.82, 2.24) is 4.90 Å². The summed E-state index contributed by atoms with van der Waals surface area (Å²) in [5.74, 6) is -1.07. The first-order valence-electron chi connectivity index (χ1n) is 8.02. The molecule has 1 aromatic rings. The zero-order valence-corrected chi connectivity index (χ0v) is 13.3. The summed E-state index contributed by atoms with van der Waals surface area (Å²) in [5.41, 5.74) is 0.223. The molecule has 1 spiro atoms. The van der Waals surface area contributed by atoms with Gasteiger partial charge < -0.3 is 24.2 Å². The van der Waals surface area contributed by atoms with Crippen molar-refractivity contribution in [3.63, 3.8) is 0 Å². The third-order valence-electron chi connectivity index (χ3n) is 4.40. The molecule has 0 aliphatic carbocycles. The van der Waals surface area contributed by atoms with E-state index >= 15 is 0 Å². The summed E-state index contributed by atoms with van der Waals surface area (Å²) >= 11 is 0. The third kappa shape index (κ3) is 3.85. The first-order valence-corrected chi connectivity index (χ1v) is 8.02. The van der Waals surface area contributed by atoms with Gasteiger partial charge in [0.25, 0.3) is 0 Å². The van der Waals surface area contributed by atoms with Crippen LogP contribution in [0.5, 0.6) is 0 Å². The van der Waals surface area contributed by atoms with Crippen molar-refractivity contribution in [2.75, 3.05) is 26.3 Å². The summed E-state index contributed by atoms with van der Waals surface area (Å²) in [6.07, 6.45) is -0.418. The van der Waals surface area contributed by atoms with Gasteiger partial charge in [0.05, 0.1) is 18.7 Å². The standard InChI is InChI=1S/C17H21NO6/c19-15(20)14-10-18(12-17(24-14)6-8-22-9-7-17)16(21)23-11-13-4-2-1-3-5-13/h1-5,14H,6-12H2,(H,19,20). The number of aliphatic carboxylic acids is 1. The molecular formula is C17H21NO6. The van der Waals surface area contributed by atoms with Crippen LogP contribution in [0.15, 0.2) is 30.3 Å². The first kappa shape index (κ1) is 16.7. The molecule has 1 N–H and O–H groups in total. The second-order valence-electron chi connectivity index (χ2n) is 6.16. The number of nitrogens with zero attached hydrogens (tertiary/aromatic N) is 1. The van der Waals surface area contributed by atoms with Crippen molar-refractivity contribution in [2.24, 2.45) is 0 Å². The monoisotopic (exact) mass is 335 g/mol. The number of amides is 1. The number of rotatable bonds is 3. The molecular weight excluding hydrogens is 314 g/mol. The Hall–Kier alpha value is -2.12. The summed E-state index contributed by atoms with van der Waals surface area (Å²) in [7, 11) is 0. The number of ether oxygens (including phenoxy) is 3. The largest absolute Gasteiger partial charge is 0.479 e. The van der Waals surface area contributed by atoms with E-state index in [0.717, 1.165) is 5.56 Å². The quantitative estimate of drug-likeness (QED) is 0.904. The Morgan fingerprint density at radius 3 is 2.62 bits per heavy atom. The second-order valence-corrected chi connectivity index (χ2v) is 6.16. The van der Waals surface area contributed by atoms with Gasteiger partial charge in [-0.1, -0.05) is 30.3 Å². The maximum Gasteiger partial charge on any atom is 0.410 e. The van der Waals surface area contributed by atoms with E-state index in [1.54, 1.807) is 0 Å². The fraction of sp³-hybridized carbons (Fsp3) is 0.529. The first-order chi connectivity index (χ1) is 11.6. The van der Waals surface area contributed by atoms with Gasteiger partial charge in [-0.25, -0.2) is 9.59 Å². The predicted octanol–water partition coefficient (Wildman–Crippen LogP) is 1.66. The molecule has 2 aliphatic heterocycles. The van der Waals surface area contributed by atoms with Crippen molar-refractivity contribution < 1.29 is 28.9 Å². The summed E-state index contributed by atoms with van der Waals surface area (Å²) < 4.78 is 16.5. The number of carbonyl (C=O) groups excluding carboxylic acids is 1. The van der Waals surface area contributed by atoms with E-state index in [1.807, 2.05) is 30.3 Å². The summed E-state index contributed by atoms with van der Waals surface area (Å²) in [6.45, 7) is 1.47. The van der Waals surface area contributed by atoms with Crippen molar-refractivity contribution >= 4 is 12.1 Å². The summed E-state index contributed by atoms with van der Waals surface area (Å²) in [5, 5.41) is 9.32. The van der Waals surface area contributed by atoms with Crippen LogP contribution in [0.3, 0.4) is 0 Å². The SMILES string of the molecule is O=C(O)C1CN(C(=O)OCc2ccccc2)CC2(CCOCC2)O1. The van der Waals surface area contributed by atoms with Gasteiger partial charge in [-0.05, 0) is 5.56 Å². The normalized spacial score (nSPS) is 23.0. The zero-order chi connectivity index (χ0) is 17.0. The molecule has 2 saturated heterocycles. The number of benzene rings is 1. The molecule has 2 heterocycles. The number of carbonyl (C=O) groups is 2. The third-order valence-corrected chi connectivity index (χ3v) is 4.40. The molecule has 2 aliphatic rings. The van der Waals surface area contributed by atoms with Crippen molar-refractivity contribution in [3.8, 4) is 0 Å². The van der Waals surface area contributed by atoms with Crippen LogP contribution in [0.2, 0.25) is 0 Å². The van der Waals surface area contributed by atoms with Crippen LogP contribution in [0.1, 0.15) is 18.4 Å². The molecule has 0 aromatic heterocycles. The number of carboxylic acid groups (broad SMARTS) is 1. The van der Waals surface area contributed by atoms with E-state index in [-0.39, 0.29) is 13.2 Å². The predicted molar refractivity (Wildman–Crippen MR) is 83.5 cm³/mol. The van der Waals surface area contributed by atoms with E-state index in [9.17, 15) is 14.7 Å². The lowest BCUT2D eigenvalue weighted by molar-refractivity contribution is -0.199. The molecule has 130 valence electrons. The lowest BCUT2D eigenvalue weighted by Crippen LogP contribution is -2.60. The van der Waals surface area contributed by atoms with Gasteiger partial charge in [0.2, 0.25) is 0 Å². The smallest absolute Gasteiger partial charge is 0.410 e. The van der Waals surface area contributed by atoms with Crippen molar-refractivity contribution in [3.05, 3.63) is 35.9 Å². The van der Waals surface area contributed by atoms with Gasteiger partial charge in [0, 0.05) is 26.1 Å². The minimum atomic E-state index is -1.07. The Kier molecular flexibility index (Phi) is 5.01. The van der Waals surface area contributed by atoms with Crippen LogP contribution in [-0.4, -0.2) is 60.1 Å². The number of hydrogen-bond acceptors (Lipinski definition) is 5. The van der Waals surface area contributed by atoms with Crippen molar-refractivity contribution in [1.29, 1.82) is 0 Å². The topological polar surface area (TPSA) is 85.3 Å². The fourth-order valence-corrected chi connectivity index (χ4v) is 3.09. The highest BCUT2D eigenvalue weighted by Crippen LogP contribution is 2.32. The Morgan fingerprint density at radius 2 is 1.96 bits per heavy atom. The van der Waals surface area contributed by atoms with Crippen LogP contribution in [-0.2, 0) is 25.6 Å². The lowest BCUT2D eigenvalue weighted by atomic mass is 9.91.